The van der Waals surface area contributed by atoms with Gasteiger partial charge in [-0.25, -0.2) is 0 Å². The molecular weight excluding hydrogens is 218 g/mol. The summed E-state index contributed by atoms with van der Waals surface area (Å²) in [6.07, 6.45) is 0.610. The molecule has 0 aliphatic rings. The molecule has 17 heavy (non-hydrogen) atoms. The molecule has 1 aromatic carbocycles. The zero-order chi connectivity index (χ0) is 12.7. The van der Waals surface area contributed by atoms with Crippen LogP contribution in [0, 0.1) is 0 Å². The highest BCUT2D eigenvalue weighted by Gasteiger charge is 2.05. The average Bonchev–Trinajstić information content (AvgIpc) is 2.34. The predicted molar refractivity (Wildman–Crippen MR) is 67.2 cm³/mol. The highest BCUT2D eigenvalue weighted by molar-refractivity contribution is 5.95. The van der Waals surface area contributed by atoms with Crippen molar-refractivity contribution >= 4 is 18.0 Å². The minimum Gasteiger partial charge on any atom is -0.378 e. The summed E-state index contributed by atoms with van der Waals surface area (Å²) in [6, 6.07) is 7.36. The van der Waals surface area contributed by atoms with Crippen LogP contribution in [0.15, 0.2) is 24.3 Å². The van der Waals surface area contributed by atoms with Gasteiger partial charge in [0.25, 0.3) is 5.91 Å². The highest BCUT2D eigenvalue weighted by atomic mass is 16.1. The number of nitrogens with zero attached hydrogens (tertiary/aromatic N) is 1. The Kier molecular flexibility index (Phi) is 5.00. The first-order valence-corrected chi connectivity index (χ1v) is 5.38. The Morgan fingerprint density at radius 2 is 2.12 bits per heavy atom. The summed E-state index contributed by atoms with van der Waals surface area (Å²) in [5, 5.41) is 5.20. The van der Waals surface area contributed by atoms with Crippen molar-refractivity contribution in [1.29, 1.82) is 0 Å². The molecule has 0 bridgehead atoms. The number of hydrogen-bond acceptors (Lipinski definition) is 3. The Morgan fingerprint density at radius 1 is 1.35 bits per heavy atom. The second kappa shape index (κ2) is 6.52. The van der Waals surface area contributed by atoms with Crippen LogP contribution in [-0.2, 0) is 4.79 Å². The van der Waals surface area contributed by atoms with Gasteiger partial charge in [0.05, 0.1) is 0 Å². The first kappa shape index (κ1) is 13.0. The summed E-state index contributed by atoms with van der Waals surface area (Å²) in [4.78, 5) is 23.7. The molecule has 0 unspecified atom stereocenters. The van der Waals surface area contributed by atoms with E-state index in [0.717, 1.165) is 5.69 Å². The lowest BCUT2D eigenvalue weighted by atomic mass is 10.2. The van der Waals surface area contributed by atoms with Crippen molar-refractivity contribution in [2.75, 3.05) is 32.1 Å². The number of hydrogen-bond donors (Lipinski definition) is 2. The van der Waals surface area contributed by atoms with Gasteiger partial charge in [-0.2, -0.15) is 0 Å². The number of carbonyl (C=O) groups is 2. The van der Waals surface area contributed by atoms with Crippen LogP contribution in [-0.4, -0.2) is 39.5 Å². The Labute approximate surface area is 101 Å². The standard InChI is InChI=1S/C12H17N3O2/c1-15(2)11-5-3-4-10(8-11)12(17)14-7-6-13-9-16/h3-5,8-9H,6-7H2,1-2H3,(H,13,16)(H,14,17). The van der Waals surface area contributed by atoms with Crippen LogP contribution in [0.25, 0.3) is 0 Å². The third-order valence-electron chi connectivity index (χ3n) is 2.26. The van der Waals surface area contributed by atoms with Crippen molar-refractivity contribution in [3.05, 3.63) is 29.8 Å². The molecule has 5 nitrogen and oxygen atoms in total. The fraction of sp³-hybridized carbons (Fsp3) is 0.333. The molecule has 0 spiro atoms. The van der Waals surface area contributed by atoms with Gasteiger partial charge in [-0.15, -0.1) is 0 Å². The van der Waals surface area contributed by atoms with E-state index in [0.29, 0.717) is 25.1 Å². The van der Waals surface area contributed by atoms with E-state index < -0.39 is 0 Å². The van der Waals surface area contributed by atoms with Crippen molar-refractivity contribution in [2.45, 2.75) is 0 Å². The maximum absolute atomic E-state index is 11.7. The van der Waals surface area contributed by atoms with Crippen molar-refractivity contribution in [3.8, 4) is 0 Å². The lowest BCUT2D eigenvalue weighted by Gasteiger charge is -2.13. The number of benzene rings is 1. The van der Waals surface area contributed by atoms with Gasteiger partial charge < -0.3 is 15.5 Å². The van der Waals surface area contributed by atoms with Gasteiger partial charge >= 0.3 is 0 Å². The molecule has 1 aromatic rings. The smallest absolute Gasteiger partial charge is 0.251 e. The molecule has 0 saturated carbocycles. The van der Waals surface area contributed by atoms with Crippen LogP contribution >= 0.6 is 0 Å². The van der Waals surface area contributed by atoms with E-state index in [1.807, 2.05) is 37.2 Å². The summed E-state index contributed by atoms with van der Waals surface area (Å²) >= 11 is 0. The van der Waals surface area contributed by atoms with Crippen molar-refractivity contribution < 1.29 is 9.59 Å². The molecule has 1 rings (SSSR count). The summed E-state index contributed by atoms with van der Waals surface area (Å²) < 4.78 is 0. The van der Waals surface area contributed by atoms with E-state index in [9.17, 15) is 9.59 Å². The van der Waals surface area contributed by atoms with E-state index in [4.69, 9.17) is 0 Å². The normalized spacial score (nSPS) is 9.53. The summed E-state index contributed by atoms with van der Waals surface area (Å²) in [7, 11) is 3.84. The SMILES string of the molecule is CN(C)c1cccc(C(=O)NCCNC=O)c1. The van der Waals surface area contributed by atoms with Crippen molar-refractivity contribution in [2.24, 2.45) is 0 Å². The van der Waals surface area contributed by atoms with Crippen molar-refractivity contribution in [1.82, 2.24) is 10.6 Å². The molecule has 5 heteroatoms. The van der Waals surface area contributed by atoms with Gasteiger partial charge in [0.2, 0.25) is 6.41 Å². The van der Waals surface area contributed by atoms with Crippen LogP contribution in [0.3, 0.4) is 0 Å². The lowest BCUT2D eigenvalue weighted by Crippen LogP contribution is -2.31. The van der Waals surface area contributed by atoms with Crippen LogP contribution in [0.5, 0.6) is 0 Å². The summed E-state index contributed by atoms with van der Waals surface area (Å²) in [5.41, 5.74) is 1.59. The third-order valence-corrected chi connectivity index (χ3v) is 2.26. The van der Waals surface area contributed by atoms with Crippen LogP contribution in [0.2, 0.25) is 0 Å². The number of rotatable bonds is 6. The molecule has 2 N–H and O–H groups in total. The van der Waals surface area contributed by atoms with Crippen LogP contribution in [0.1, 0.15) is 10.4 Å². The van der Waals surface area contributed by atoms with Crippen molar-refractivity contribution in [3.63, 3.8) is 0 Å². The first-order valence-electron chi connectivity index (χ1n) is 5.38. The topological polar surface area (TPSA) is 61.4 Å². The summed E-state index contributed by atoms with van der Waals surface area (Å²) in [5.74, 6) is -0.138. The quantitative estimate of drug-likeness (QED) is 0.548. The molecule has 0 radical (unpaired) electrons. The van der Waals surface area contributed by atoms with Gasteiger partial charge in [-0.05, 0) is 18.2 Å². The van der Waals surface area contributed by atoms with E-state index in [2.05, 4.69) is 10.6 Å². The predicted octanol–water partition coefficient (Wildman–Crippen LogP) is 0.228. The molecule has 0 aliphatic carbocycles. The Bertz CT molecular complexity index is 391. The Balaban J connectivity index is 2.56. The number of carbonyl (C=O) groups excluding carboxylic acids is 2. The molecule has 0 fully saturated rings. The zero-order valence-electron chi connectivity index (χ0n) is 10.1. The minimum atomic E-state index is -0.138. The van der Waals surface area contributed by atoms with E-state index in [-0.39, 0.29) is 5.91 Å². The number of nitrogens with one attached hydrogen (secondary N) is 2. The Hall–Kier alpha value is -2.04. The van der Waals surface area contributed by atoms with E-state index in [1.54, 1.807) is 6.07 Å². The van der Waals surface area contributed by atoms with Gasteiger partial charge in [-0.1, -0.05) is 6.07 Å². The second-order valence-corrected chi connectivity index (χ2v) is 3.77. The molecule has 2 amide bonds. The average molecular weight is 235 g/mol. The number of amides is 2. The Morgan fingerprint density at radius 3 is 2.76 bits per heavy atom. The molecule has 92 valence electrons. The minimum absolute atomic E-state index is 0.138. The van der Waals surface area contributed by atoms with Crippen LogP contribution < -0.4 is 15.5 Å². The van der Waals surface area contributed by atoms with Gasteiger partial charge in [-0.3, -0.25) is 9.59 Å². The van der Waals surface area contributed by atoms with E-state index in [1.165, 1.54) is 0 Å². The fourth-order valence-corrected chi connectivity index (χ4v) is 1.33. The largest absolute Gasteiger partial charge is 0.378 e. The van der Waals surface area contributed by atoms with Crippen LogP contribution in [0.4, 0.5) is 5.69 Å². The van der Waals surface area contributed by atoms with E-state index >= 15 is 0 Å². The maximum Gasteiger partial charge on any atom is 0.251 e. The monoisotopic (exact) mass is 235 g/mol. The second-order valence-electron chi connectivity index (χ2n) is 3.77. The molecule has 0 atom stereocenters. The third kappa shape index (κ3) is 4.14. The highest BCUT2D eigenvalue weighted by Crippen LogP contribution is 2.12. The van der Waals surface area contributed by atoms with Gasteiger partial charge in [0, 0.05) is 38.4 Å². The maximum atomic E-state index is 11.7. The fourth-order valence-electron chi connectivity index (χ4n) is 1.33. The molecular formula is C12H17N3O2. The number of anilines is 1. The zero-order valence-corrected chi connectivity index (χ0v) is 10.1. The van der Waals surface area contributed by atoms with Gasteiger partial charge in [0.15, 0.2) is 0 Å². The molecule has 0 saturated heterocycles. The lowest BCUT2D eigenvalue weighted by molar-refractivity contribution is -0.109. The molecule has 0 aromatic heterocycles. The summed E-state index contributed by atoms with van der Waals surface area (Å²) in [6.45, 7) is 0.854. The van der Waals surface area contributed by atoms with Gasteiger partial charge in [0.1, 0.15) is 0 Å². The first-order chi connectivity index (χ1) is 8.15. The molecule has 0 aliphatic heterocycles. The molecule has 0 heterocycles.